The third kappa shape index (κ3) is 33.8. The van der Waals surface area contributed by atoms with Crippen LogP contribution in [0.15, 0.2) is 0 Å². The van der Waals surface area contributed by atoms with Crippen LogP contribution in [0.4, 0.5) is 0 Å². The molecule has 0 aromatic rings. The molecular formula is C68H128N4O19. The highest BCUT2D eigenvalue weighted by atomic mass is 16.7. The maximum Gasteiger partial charge on any atom is 0.222 e. The summed E-state index contributed by atoms with van der Waals surface area (Å²) >= 11 is 0. The topological polar surface area (TPSA) is 269 Å². The van der Waals surface area contributed by atoms with Crippen LogP contribution < -0.4 is 21.7 Å². The molecule has 5 N–H and O–H groups in total. The van der Waals surface area contributed by atoms with Crippen LogP contribution in [0.3, 0.4) is 0 Å². The van der Waals surface area contributed by atoms with Gasteiger partial charge in [-0.15, -0.1) is 0 Å². The minimum absolute atomic E-state index is 0.00773. The number of ketones is 1. The molecule has 0 spiro atoms. The smallest absolute Gasteiger partial charge is 0.222 e. The van der Waals surface area contributed by atoms with Gasteiger partial charge >= 0.3 is 0 Å². The van der Waals surface area contributed by atoms with Crippen LogP contribution in [0.2, 0.25) is 0 Å². The first kappa shape index (κ1) is 82.7. The van der Waals surface area contributed by atoms with Crippen molar-refractivity contribution in [1.29, 1.82) is 0 Å². The molecule has 3 rings (SSSR count). The lowest BCUT2D eigenvalue weighted by Crippen LogP contribution is -2.45. The normalized spacial score (nSPS) is 27.5. The van der Waals surface area contributed by atoms with Gasteiger partial charge in [-0.2, -0.15) is 0 Å². The van der Waals surface area contributed by atoms with Crippen molar-refractivity contribution < 1.29 is 90.2 Å². The summed E-state index contributed by atoms with van der Waals surface area (Å²) in [6.45, 7) is 34.0. The van der Waals surface area contributed by atoms with E-state index in [-0.39, 0.29) is 126 Å². The number of amides is 3. The van der Waals surface area contributed by atoms with Crippen molar-refractivity contribution in [3.63, 3.8) is 0 Å². The number of ether oxygens (including phenoxy) is 15. The summed E-state index contributed by atoms with van der Waals surface area (Å²) in [5, 5.41) is 8.60. The Bertz CT molecular complexity index is 1690. The van der Waals surface area contributed by atoms with Gasteiger partial charge in [0.2, 0.25) is 17.7 Å². The SMILES string of the molecule is CCC1O[C@H](OCCOCCOCCNC(=O)CCOCC(COCCC(=O)NCCOCCOCCO[C@H]2OC(CC)[C@@H](C)[C@H](C)C2C)(COCCC(=O)NCCOCCOCCO[C@H]2OC(CC)[C@@H](C)[C@H](C)C2C)CC(=O)CCCCCN)C(C)[C@@H](C)[C@@H]1C. The Morgan fingerprint density at radius 2 is 0.648 bits per heavy atom. The largest absolute Gasteiger partial charge is 0.380 e. The van der Waals surface area contributed by atoms with E-state index >= 15 is 0 Å². The molecule has 3 aliphatic rings. The Hall–Kier alpha value is -2.56. The molecular weight excluding hydrogens is 1180 g/mol. The van der Waals surface area contributed by atoms with Crippen molar-refractivity contribution >= 4 is 23.5 Å². The number of carbonyl (C=O) groups is 4. The molecule has 23 nitrogen and oxygen atoms in total. The Morgan fingerprint density at radius 3 is 0.945 bits per heavy atom. The Balaban J connectivity index is 1.42. The molecule has 23 heteroatoms. The molecule has 534 valence electrons. The molecule has 3 fully saturated rings. The fourth-order valence-electron chi connectivity index (χ4n) is 11.9. The van der Waals surface area contributed by atoms with Crippen LogP contribution in [0, 0.1) is 58.7 Å². The predicted octanol–water partition coefficient (Wildman–Crippen LogP) is 7.30. The fourth-order valence-corrected chi connectivity index (χ4v) is 11.9. The molecule has 91 heavy (non-hydrogen) atoms. The van der Waals surface area contributed by atoms with Gasteiger partial charge in [0.1, 0.15) is 5.78 Å². The quantitative estimate of drug-likeness (QED) is 0.0435. The van der Waals surface area contributed by atoms with Crippen LogP contribution >= 0.6 is 0 Å². The van der Waals surface area contributed by atoms with Gasteiger partial charge in [-0.25, -0.2) is 0 Å². The lowest BCUT2D eigenvalue weighted by molar-refractivity contribution is -0.251. The van der Waals surface area contributed by atoms with Gasteiger partial charge < -0.3 is 92.7 Å². The number of hydrogen-bond acceptors (Lipinski definition) is 20. The number of unbranched alkanes of at least 4 members (excludes halogenated alkanes) is 2. The Kier molecular flexibility index (Phi) is 45.3. The fraction of sp³-hybridized carbons (Fsp3) is 0.941. The zero-order valence-corrected chi connectivity index (χ0v) is 58.5. The number of Topliss-reactive ketones (excluding diaryl/α,β-unsaturated/α-hetero) is 1. The van der Waals surface area contributed by atoms with E-state index in [0.717, 1.165) is 32.1 Å². The van der Waals surface area contributed by atoms with Crippen molar-refractivity contribution in [3.05, 3.63) is 0 Å². The maximum absolute atomic E-state index is 13.7. The molecule has 0 aliphatic carbocycles. The van der Waals surface area contributed by atoms with Crippen molar-refractivity contribution in [3.8, 4) is 0 Å². The summed E-state index contributed by atoms with van der Waals surface area (Å²) in [6, 6.07) is 0. The summed E-state index contributed by atoms with van der Waals surface area (Å²) in [4.78, 5) is 52.4. The van der Waals surface area contributed by atoms with Gasteiger partial charge in [-0.1, -0.05) is 89.5 Å². The van der Waals surface area contributed by atoms with E-state index in [9.17, 15) is 19.2 Å². The molecule has 0 bridgehead atoms. The van der Waals surface area contributed by atoms with E-state index < -0.39 is 5.41 Å². The van der Waals surface area contributed by atoms with Gasteiger partial charge in [0.15, 0.2) is 18.9 Å². The molecule has 3 saturated heterocycles. The van der Waals surface area contributed by atoms with Crippen molar-refractivity contribution in [2.45, 2.75) is 191 Å². The van der Waals surface area contributed by atoms with E-state index in [1.54, 1.807) is 0 Å². The van der Waals surface area contributed by atoms with Crippen LogP contribution in [0.25, 0.3) is 0 Å². The molecule has 3 aliphatic heterocycles. The van der Waals surface area contributed by atoms with Crippen molar-refractivity contribution in [2.24, 2.45) is 64.4 Å². The number of nitrogens with one attached hydrogen (secondary N) is 3. The summed E-state index contributed by atoms with van der Waals surface area (Å²) < 4.78 is 89.4. The van der Waals surface area contributed by atoms with Crippen LogP contribution in [-0.4, -0.2) is 226 Å². The number of carbonyl (C=O) groups excluding carboxylic acids is 4. The van der Waals surface area contributed by atoms with Crippen LogP contribution in [0.1, 0.15) is 154 Å². The third-order valence-electron chi connectivity index (χ3n) is 18.9. The molecule has 3 amide bonds. The standard InChI is InChI=1S/C68H128N4O19/c1-13-59-52(7)49(4)55(10)65(89-59)86-42-39-80-36-33-77-30-24-70-62(74)20-27-83-46-68(45-58(73)19-17-16-18-23-69,47-84-28-21-63(75)71-25-31-78-34-37-81-40-43-87-66-56(11)50(5)53(8)60(14-2)90-66)48-85-29-22-64(76)72-26-32-79-35-38-82-41-44-88-67-57(12)51(6)54(9)61(15-3)91-67/h49-57,59-61,65-67H,13-48,69H2,1-12H3,(H,70,74)(H,71,75)(H,72,76)/t49-,50-,51-,52-,53-,54-,55?,56?,57?,59?,60?,61?,65-,66-,67-,68?/m0/s1. The highest BCUT2D eigenvalue weighted by Gasteiger charge is 2.41. The highest BCUT2D eigenvalue weighted by Crippen LogP contribution is 2.39. The molecule has 3 heterocycles. The lowest BCUT2D eigenvalue weighted by atomic mass is 9.78. The van der Waals surface area contributed by atoms with E-state index in [1.165, 1.54) is 0 Å². The first-order valence-corrected chi connectivity index (χ1v) is 34.9. The number of rotatable bonds is 55. The van der Waals surface area contributed by atoms with Gasteiger partial charge in [-0.3, -0.25) is 19.2 Å². The minimum atomic E-state index is -0.993. The molecule has 6 unspecified atom stereocenters. The van der Waals surface area contributed by atoms with Crippen LogP contribution in [0.5, 0.6) is 0 Å². The van der Waals surface area contributed by atoms with Gasteiger partial charge in [0.05, 0.1) is 157 Å². The zero-order valence-electron chi connectivity index (χ0n) is 58.5. The second kappa shape index (κ2) is 49.9. The lowest BCUT2D eigenvalue weighted by Gasteiger charge is -2.43. The van der Waals surface area contributed by atoms with E-state index in [4.69, 9.17) is 76.8 Å². The summed E-state index contributed by atoms with van der Waals surface area (Å²) in [7, 11) is 0. The third-order valence-corrected chi connectivity index (χ3v) is 18.9. The van der Waals surface area contributed by atoms with Gasteiger partial charge in [0, 0.05) is 74.9 Å². The average Bonchev–Trinajstić information content (AvgIpc) is 2.02. The monoisotopic (exact) mass is 1300 g/mol. The van der Waals surface area contributed by atoms with Gasteiger partial charge in [-0.05, 0) is 74.2 Å². The minimum Gasteiger partial charge on any atom is -0.380 e. The van der Waals surface area contributed by atoms with E-state index in [1.807, 2.05) is 0 Å². The van der Waals surface area contributed by atoms with Crippen LogP contribution in [-0.2, 0) is 90.2 Å². The number of hydrogen-bond donors (Lipinski definition) is 4. The van der Waals surface area contributed by atoms with E-state index in [0.29, 0.717) is 191 Å². The Morgan fingerprint density at radius 1 is 0.352 bits per heavy atom. The zero-order chi connectivity index (χ0) is 66.7. The van der Waals surface area contributed by atoms with Crippen molar-refractivity contribution in [2.75, 3.05) is 165 Å². The summed E-state index contributed by atoms with van der Waals surface area (Å²) in [5.41, 5.74) is 4.74. The second-order valence-electron chi connectivity index (χ2n) is 25.6. The molecule has 15 atom stereocenters. The van der Waals surface area contributed by atoms with Crippen molar-refractivity contribution in [1.82, 2.24) is 16.0 Å². The highest BCUT2D eigenvalue weighted by molar-refractivity contribution is 5.79. The molecule has 0 aromatic carbocycles. The first-order valence-electron chi connectivity index (χ1n) is 34.9. The van der Waals surface area contributed by atoms with E-state index in [2.05, 4.69) is 99.0 Å². The number of nitrogens with two attached hydrogens (primary N) is 1. The summed E-state index contributed by atoms with van der Waals surface area (Å²) in [6.07, 6.45) is 5.61. The average molecular weight is 1310 g/mol. The first-order chi connectivity index (χ1) is 43.9. The predicted molar refractivity (Wildman–Crippen MR) is 347 cm³/mol. The summed E-state index contributed by atoms with van der Waals surface area (Å²) in [5.74, 6) is 3.21. The maximum atomic E-state index is 13.7. The second-order valence-corrected chi connectivity index (χ2v) is 25.6. The molecule has 0 aromatic heterocycles. The molecule has 0 radical (unpaired) electrons. The van der Waals surface area contributed by atoms with Gasteiger partial charge in [0.25, 0.3) is 0 Å². The Labute approximate surface area is 548 Å². The molecule has 0 saturated carbocycles.